The lowest BCUT2D eigenvalue weighted by atomic mass is 9.94. The van der Waals surface area contributed by atoms with Crippen molar-refractivity contribution < 1.29 is 9.53 Å². The van der Waals surface area contributed by atoms with Gasteiger partial charge in [-0.2, -0.15) is 0 Å². The summed E-state index contributed by atoms with van der Waals surface area (Å²) in [4.78, 5) is 22.3. The zero-order valence-electron chi connectivity index (χ0n) is 24.5. The predicted molar refractivity (Wildman–Crippen MR) is 171 cm³/mol. The van der Waals surface area contributed by atoms with Gasteiger partial charge in [0.2, 0.25) is 0 Å². The van der Waals surface area contributed by atoms with Gasteiger partial charge in [-0.25, -0.2) is 9.78 Å². The highest BCUT2D eigenvalue weighted by Gasteiger charge is 2.29. The van der Waals surface area contributed by atoms with Crippen molar-refractivity contribution in [3.8, 4) is 0 Å². The Hall–Kier alpha value is -3.61. The average Bonchev–Trinajstić information content (AvgIpc) is 3.39. The van der Waals surface area contributed by atoms with Crippen LogP contribution < -0.4 is 0 Å². The third kappa shape index (κ3) is 7.42. The second-order valence-corrected chi connectivity index (χ2v) is 11.5. The first-order valence-corrected chi connectivity index (χ1v) is 15.4. The fraction of sp³-hybridized carbons (Fsp3) is 0.371. The molecular formula is C35H41ClN4O2. The van der Waals surface area contributed by atoms with Gasteiger partial charge in [-0.05, 0) is 61.2 Å². The van der Waals surface area contributed by atoms with Gasteiger partial charge in [0.25, 0.3) is 0 Å². The number of imidazole rings is 1. The van der Waals surface area contributed by atoms with Gasteiger partial charge in [0.05, 0.1) is 11.0 Å². The van der Waals surface area contributed by atoms with E-state index in [4.69, 9.17) is 21.3 Å². The Kier molecular flexibility index (Phi) is 10.3. The van der Waals surface area contributed by atoms with Crippen LogP contribution in [0.1, 0.15) is 49.1 Å². The Balaban J connectivity index is 1.22. The molecule has 0 aliphatic carbocycles. The first-order valence-electron chi connectivity index (χ1n) is 15.1. The SMILES string of the molecule is C=CCN(C(=O)OCc1ccccc1)C1CCN(CCC(Cn2c(CC)nc3ccccc32)c2cccc(Cl)c2)CC1. The molecule has 1 atom stereocenters. The lowest BCUT2D eigenvalue weighted by Crippen LogP contribution is -2.47. The number of rotatable bonds is 12. The first kappa shape index (κ1) is 29.9. The quantitative estimate of drug-likeness (QED) is 0.160. The molecule has 0 N–H and O–H groups in total. The van der Waals surface area contributed by atoms with Crippen LogP contribution in [0.15, 0.2) is 91.5 Å². The van der Waals surface area contributed by atoms with Gasteiger partial charge in [0.1, 0.15) is 12.4 Å². The van der Waals surface area contributed by atoms with Crippen LogP contribution >= 0.6 is 11.6 Å². The van der Waals surface area contributed by atoms with Crippen molar-refractivity contribution in [2.75, 3.05) is 26.2 Å². The number of benzene rings is 3. The summed E-state index contributed by atoms with van der Waals surface area (Å²) in [7, 11) is 0. The number of aryl methyl sites for hydroxylation is 1. The lowest BCUT2D eigenvalue weighted by Gasteiger charge is -2.38. The van der Waals surface area contributed by atoms with Gasteiger partial charge < -0.3 is 19.1 Å². The molecule has 1 fully saturated rings. The number of para-hydroxylation sites is 2. The molecule has 4 aromatic rings. The standard InChI is InChI=1S/C35H41ClN4O2/c1-3-20-39(35(41)42-26-27-11-6-5-7-12-27)31-18-22-38(23-19-31)21-17-29(28-13-10-14-30(36)24-28)25-40-33-16-9-8-15-32(33)37-34(40)4-2/h3,5-16,24,29,31H,1,4,17-23,25-26H2,2H3. The van der Waals surface area contributed by atoms with Crippen LogP contribution in [-0.2, 0) is 24.3 Å². The van der Waals surface area contributed by atoms with E-state index in [9.17, 15) is 4.79 Å². The molecule has 0 saturated carbocycles. The number of halogens is 1. The van der Waals surface area contributed by atoms with Crippen molar-refractivity contribution in [2.24, 2.45) is 0 Å². The fourth-order valence-corrected chi connectivity index (χ4v) is 6.25. The Bertz CT molecular complexity index is 1460. The molecule has 5 rings (SSSR count). The number of carbonyl (C=O) groups excluding carboxylic acids is 1. The maximum Gasteiger partial charge on any atom is 0.410 e. The molecular weight excluding hydrogens is 544 g/mol. The van der Waals surface area contributed by atoms with Crippen molar-refractivity contribution in [1.82, 2.24) is 19.4 Å². The number of ether oxygens (including phenoxy) is 1. The number of fused-ring (bicyclic) bond motifs is 1. The predicted octanol–water partition coefficient (Wildman–Crippen LogP) is 7.72. The Morgan fingerprint density at radius 3 is 2.60 bits per heavy atom. The van der Waals surface area contributed by atoms with Crippen molar-refractivity contribution >= 4 is 28.7 Å². The van der Waals surface area contributed by atoms with E-state index in [1.165, 1.54) is 11.1 Å². The summed E-state index contributed by atoms with van der Waals surface area (Å²) in [5.41, 5.74) is 4.48. The van der Waals surface area contributed by atoms with E-state index in [1.807, 2.05) is 47.4 Å². The number of hydrogen-bond acceptors (Lipinski definition) is 4. The van der Waals surface area contributed by atoms with E-state index in [0.717, 1.165) is 73.8 Å². The summed E-state index contributed by atoms with van der Waals surface area (Å²) < 4.78 is 8.06. The molecule has 1 amide bonds. The molecule has 220 valence electrons. The van der Waals surface area contributed by atoms with Crippen LogP contribution in [0.4, 0.5) is 4.79 Å². The average molecular weight is 585 g/mol. The van der Waals surface area contributed by atoms with Crippen molar-refractivity contribution in [3.05, 3.63) is 113 Å². The fourth-order valence-electron chi connectivity index (χ4n) is 6.05. The number of piperidine rings is 1. The summed E-state index contributed by atoms with van der Waals surface area (Å²) in [5, 5.41) is 0.769. The Morgan fingerprint density at radius 2 is 1.86 bits per heavy atom. The Labute approximate surface area is 254 Å². The maximum absolute atomic E-state index is 13.0. The minimum absolute atomic E-state index is 0.149. The molecule has 0 radical (unpaired) electrons. The van der Waals surface area contributed by atoms with Gasteiger partial charge in [-0.15, -0.1) is 6.58 Å². The summed E-state index contributed by atoms with van der Waals surface area (Å²) in [6, 6.07) is 26.7. The molecule has 3 aromatic carbocycles. The number of aromatic nitrogens is 2. The molecule has 1 aromatic heterocycles. The maximum atomic E-state index is 13.0. The topological polar surface area (TPSA) is 50.6 Å². The van der Waals surface area contributed by atoms with Gasteiger partial charge in [0, 0.05) is 49.6 Å². The highest BCUT2D eigenvalue weighted by Crippen LogP contribution is 2.29. The van der Waals surface area contributed by atoms with Crippen LogP contribution in [0.3, 0.4) is 0 Å². The molecule has 2 heterocycles. The molecule has 1 aliphatic rings. The zero-order valence-corrected chi connectivity index (χ0v) is 25.3. The van der Waals surface area contributed by atoms with Crippen molar-refractivity contribution in [1.29, 1.82) is 0 Å². The second kappa shape index (κ2) is 14.5. The number of amides is 1. The largest absolute Gasteiger partial charge is 0.445 e. The lowest BCUT2D eigenvalue weighted by molar-refractivity contribution is 0.0654. The molecule has 1 saturated heterocycles. The van der Waals surface area contributed by atoms with Gasteiger partial charge in [0.15, 0.2) is 0 Å². The van der Waals surface area contributed by atoms with Crippen LogP contribution in [-0.4, -0.2) is 57.7 Å². The summed E-state index contributed by atoms with van der Waals surface area (Å²) in [6.45, 7) is 10.6. The Morgan fingerprint density at radius 1 is 1.10 bits per heavy atom. The molecule has 1 unspecified atom stereocenters. The zero-order chi connectivity index (χ0) is 29.3. The van der Waals surface area contributed by atoms with Gasteiger partial charge >= 0.3 is 6.09 Å². The molecule has 0 spiro atoms. The van der Waals surface area contributed by atoms with Crippen LogP contribution in [0, 0.1) is 0 Å². The first-order chi connectivity index (χ1) is 20.6. The van der Waals surface area contributed by atoms with E-state index in [0.29, 0.717) is 12.5 Å². The minimum Gasteiger partial charge on any atom is -0.445 e. The van der Waals surface area contributed by atoms with E-state index < -0.39 is 0 Å². The number of carbonyl (C=O) groups is 1. The van der Waals surface area contributed by atoms with Crippen LogP contribution in [0.25, 0.3) is 11.0 Å². The second-order valence-electron chi connectivity index (χ2n) is 11.1. The number of nitrogens with zero attached hydrogens (tertiary/aromatic N) is 4. The third-order valence-electron chi connectivity index (χ3n) is 8.33. The summed E-state index contributed by atoms with van der Waals surface area (Å²) in [6.07, 6.45) is 5.26. The normalized spacial score (nSPS) is 15.0. The van der Waals surface area contributed by atoms with E-state index in [2.05, 4.69) is 59.4 Å². The smallest absolute Gasteiger partial charge is 0.410 e. The van der Waals surface area contributed by atoms with Crippen LogP contribution in [0.5, 0.6) is 0 Å². The molecule has 7 heteroatoms. The molecule has 6 nitrogen and oxygen atoms in total. The highest BCUT2D eigenvalue weighted by molar-refractivity contribution is 6.30. The monoisotopic (exact) mass is 584 g/mol. The van der Waals surface area contributed by atoms with E-state index in [1.54, 1.807) is 6.08 Å². The highest BCUT2D eigenvalue weighted by atomic mass is 35.5. The summed E-state index contributed by atoms with van der Waals surface area (Å²) >= 11 is 6.45. The van der Waals surface area contributed by atoms with Gasteiger partial charge in [-0.3, -0.25) is 0 Å². The molecule has 0 bridgehead atoms. The number of likely N-dealkylation sites (tertiary alicyclic amines) is 1. The third-order valence-corrected chi connectivity index (χ3v) is 8.57. The number of hydrogen-bond donors (Lipinski definition) is 0. The van der Waals surface area contributed by atoms with Crippen molar-refractivity contribution in [3.63, 3.8) is 0 Å². The van der Waals surface area contributed by atoms with Crippen molar-refractivity contribution in [2.45, 2.75) is 57.7 Å². The van der Waals surface area contributed by atoms with E-state index in [-0.39, 0.29) is 18.7 Å². The summed E-state index contributed by atoms with van der Waals surface area (Å²) in [5.74, 6) is 1.42. The van der Waals surface area contributed by atoms with E-state index >= 15 is 0 Å². The van der Waals surface area contributed by atoms with Crippen LogP contribution in [0.2, 0.25) is 5.02 Å². The molecule has 1 aliphatic heterocycles. The van der Waals surface area contributed by atoms with Gasteiger partial charge in [-0.1, -0.05) is 79.2 Å². The molecule has 42 heavy (non-hydrogen) atoms. The minimum atomic E-state index is -0.266.